The highest BCUT2D eigenvalue weighted by Gasteiger charge is 2.33. The molecule has 2 fully saturated rings. The third-order valence-corrected chi connectivity index (χ3v) is 7.91. The molecule has 1 aromatic rings. The van der Waals surface area contributed by atoms with Gasteiger partial charge in [-0.2, -0.15) is 4.31 Å². The Morgan fingerprint density at radius 1 is 1.32 bits per heavy atom. The standard InChI is InChI=1S/C16H25N3O4S2/c20-16(17-5-7-18-8-10-23-11-9-18)14-3-1-6-19(13-14)25(21,22)15-4-2-12-24-15/h2,4,12,14H,1,3,5-11,13H2,(H,17,20). The maximum atomic E-state index is 12.6. The molecule has 7 nitrogen and oxygen atoms in total. The highest BCUT2D eigenvalue weighted by molar-refractivity contribution is 7.91. The number of ether oxygens (including phenoxy) is 1. The summed E-state index contributed by atoms with van der Waals surface area (Å²) in [4.78, 5) is 14.7. The Morgan fingerprint density at radius 3 is 2.84 bits per heavy atom. The summed E-state index contributed by atoms with van der Waals surface area (Å²) in [5.74, 6) is -0.312. The van der Waals surface area contributed by atoms with Crippen molar-refractivity contribution in [2.24, 2.45) is 5.92 Å². The normalized spacial score (nSPS) is 23.4. The van der Waals surface area contributed by atoms with E-state index in [1.807, 2.05) is 0 Å². The molecule has 1 atom stereocenters. The highest BCUT2D eigenvalue weighted by atomic mass is 32.2. The summed E-state index contributed by atoms with van der Waals surface area (Å²) in [5, 5.41) is 4.72. The minimum atomic E-state index is -3.47. The molecule has 0 saturated carbocycles. The molecule has 2 aliphatic heterocycles. The number of thiophene rings is 1. The molecule has 2 aliphatic rings. The summed E-state index contributed by atoms with van der Waals surface area (Å²) in [7, 11) is -3.47. The van der Waals surface area contributed by atoms with Gasteiger partial charge in [-0.25, -0.2) is 8.42 Å². The van der Waals surface area contributed by atoms with Gasteiger partial charge in [0.15, 0.2) is 0 Å². The van der Waals surface area contributed by atoms with E-state index in [9.17, 15) is 13.2 Å². The van der Waals surface area contributed by atoms with Crippen molar-refractivity contribution in [3.8, 4) is 0 Å². The van der Waals surface area contributed by atoms with Crippen molar-refractivity contribution in [1.29, 1.82) is 0 Å². The van der Waals surface area contributed by atoms with E-state index in [-0.39, 0.29) is 18.4 Å². The van der Waals surface area contributed by atoms with Crippen molar-refractivity contribution >= 4 is 27.3 Å². The van der Waals surface area contributed by atoms with Crippen LogP contribution in [0.3, 0.4) is 0 Å². The van der Waals surface area contributed by atoms with Crippen LogP contribution in [-0.2, 0) is 19.6 Å². The number of hydrogen-bond donors (Lipinski definition) is 1. The molecule has 3 heterocycles. The molecule has 140 valence electrons. The Morgan fingerprint density at radius 2 is 2.12 bits per heavy atom. The van der Waals surface area contributed by atoms with Crippen molar-refractivity contribution < 1.29 is 17.9 Å². The van der Waals surface area contributed by atoms with Gasteiger partial charge >= 0.3 is 0 Å². The summed E-state index contributed by atoms with van der Waals surface area (Å²) in [6, 6.07) is 3.35. The fraction of sp³-hybridized carbons (Fsp3) is 0.688. The van der Waals surface area contributed by atoms with Crippen LogP contribution in [0.4, 0.5) is 0 Å². The Hall–Kier alpha value is -1.00. The SMILES string of the molecule is O=C(NCCN1CCOCC1)C1CCCN(S(=O)(=O)c2cccs2)C1. The van der Waals surface area contributed by atoms with Crippen LogP contribution in [-0.4, -0.2) is 76.0 Å². The quantitative estimate of drug-likeness (QED) is 0.773. The van der Waals surface area contributed by atoms with Crippen LogP contribution in [0.1, 0.15) is 12.8 Å². The smallest absolute Gasteiger partial charge is 0.252 e. The number of carbonyl (C=O) groups is 1. The van der Waals surface area contributed by atoms with Crippen LogP contribution in [0, 0.1) is 5.92 Å². The number of rotatable bonds is 6. The van der Waals surface area contributed by atoms with Crippen molar-refractivity contribution in [1.82, 2.24) is 14.5 Å². The van der Waals surface area contributed by atoms with E-state index in [1.165, 1.54) is 15.6 Å². The van der Waals surface area contributed by atoms with Crippen molar-refractivity contribution in [2.75, 3.05) is 52.5 Å². The fourth-order valence-corrected chi connectivity index (χ4v) is 5.89. The van der Waals surface area contributed by atoms with Crippen LogP contribution in [0.5, 0.6) is 0 Å². The molecule has 0 aromatic carbocycles. The van der Waals surface area contributed by atoms with Crippen molar-refractivity contribution in [3.05, 3.63) is 17.5 Å². The predicted octanol–water partition coefficient (Wildman–Crippen LogP) is 0.597. The van der Waals surface area contributed by atoms with E-state index in [1.54, 1.807) is 17.5 Å². The van der Waals surface area contributed by atoms with Gasteiger partial charge in [0.1, 0.15) is 4.21 Å². The molecule has 3 rings (SSSR count). The molecule has 1 aromatic heterocycles. The van der Waals surface area contributed by atoms with E-state index in [0.717, 1.165) is 39.3 Å². The Kier molecular flexibility index (Phi) is 6.45. The predicted molar refractivity (Wildman–Crippen MR) is 96.1 cm³/mol. The zero-order chi connectivity index (χ0) is 17.7. The zero-order valence-electron chi connectivity index (χ0n) is 14.2. The van der Waals surface area contributed by atoms with Gasteiger partial charge in [-0.3, -0.25) is 9.69 Å². The average molecular weight is 388 g/mol. The number of morpholine rings is 1. The molecule has 25 heavy (non-hydrogen) atoms. The Labute approximate surface area is 153 Å². The highest BCUT2D eigenvalue weighted by Crippen LogP contribution is 2.26. The molecule has 1 N–H and O–H groups in total. The number of sulfonamides is 1. The molecule has 1 amide bonds. The largest absolute Gasteiger partial charge is 0.379 e. The molecule has 2 saturated heterocycles. The maximum absolute atomic E-state index is 12.6. The minimum Gasteiger partial charge on any atom is -0.379 e. The molecule has 0 radical (unpaired) electrons. The fourth-order valence-electron chi connectivity index (χ4n) is 3.22. The van der Waals surface area contributed by atoms with E-state index < -0.39 is 10.0 Å². The van der Waals surface area contributed by atoms with Gasteiger partial charge in [0.05, 0.1) is 19.1 Å². The van der Waals surface area contributed by atoms with Gasteiger partial charge in [0, 0.05) is 39.3 Å². The first-order valence-corrected chi connectivity index (χ1v) is 11.0. The number of carbonyl (C=O) groups excluding carboxylic acids is 1. The van der Waals surface area contributed by atoms with Crippen LogP contribution in [0.2, 0.25) is 0 Å². The van der Waals surface area contributed by atoms with Gasteiger partial charge in [-0.1, -0.05) is 6.07 Å². The van der Waals surface area contributed by atoms with Gasteiger partial charge in [0.25, 0.3) is 10.0 Å². The number of nitrogens with zero attached hydrogens (tertiary/aromatic N) is 2. The van der Waals surface area contributed by atoms with Crippen LogP contribution in [0.15, 0.2) is 21.7 Å². The van der Waals surface area contributed by atoms with Crippen LogP contribution >= 0.6 is 11.3 Å². The number of nitrogens with one attached hydrogen (secondary N) is 1. The van der Waals surface area contributed by atoms with Crippen LogP contribution in [0.25, 0.3) is 0 Å². The van der Waals surface area contributed by atoms with Gasteiger partial charge in [-0.15, -0.1) is 11.3 Å². The molecular formula is C16H25N3O4S2. The summed E-state index contributed by atoms with van der Waals surface area (Å²) in [5.41, 5.74) is 0. The lowest BCUT2D eigenvalue weighted by molar-refractivity contribution is -0.126. The van der Waals surface area contributed by atoms with E-state index in [4.69, 9.17) is 4.74 Å². The number of hydrogen-bond acceptors (Lipinski definition) is 6. The molecular weight excluding hydrogens is 362 g/mol. The second-order valence-electron chi connectivity index (χ2n) is 6.38. The summed E-state index contributed by atoms with van der Waals surface area (Å²) < 4.78 is 32.4. The van der Waals surface area contributed by atoms with Gasteiger partial charge in [0.2, 0.25) is 5.91 Å². The topological polar surface area (TPSA) is 79.0 Å². The maximum Gasteiger partial charge on any atom is 0.252 e. The lowest BCUT2D eigenvalue weighted by Gasteiger charge is -2.31. The van der Waals surface area contributed by atoms with E-state index in [2.05, 4.69) is 10.2 Å². The number of piperidine rings is 1. The van der Waals surface area contributed by atoms with Gasteiger partial charge in [-0.05, 0) is 24.3 Å². The summed E-state index contributed by atoms with van der Waals surface area (Å²) >= 11 is 1.22. The summed E-state index contributed by atoms with van der Waals surface area (Å²) in [6.07, 6.45) is 1.45. The first-order valence-electron chi connectivity index (χ1n) is 8.69. The Bertz CT molecular complexity index is 657. The van der Waals surface area contributed by atoms with Crippen molar-refractivity contribution in [2.45, 2.75) is 17.1 Å². The second-order valence-corrected chi connectivity index (χ2v) is 9.49. The zero-order valence-corrected chi connectivity index (χ0v) is 15.9. The summed E-state index contributed by atoms with van der Waals surface area (Å²) in [6.45, 7) is 5.42. The third kappa shape index (κ3) is 4.79. The molecule has 0 spiro atoms. The lowest BCUT2D eigenvalue weighted by Crippen LogP contribution is -2.47. The third-order valence-electron chi connectivity index (χ3n) is 4.68. The number of amides is 1. The van der Waals surface area contributed by atoms with Gasteiger partial charge < -0.3 is 10.1 Å². The van der Waals surface area contributed by atoms with E-state index >= 15 is 0 Å². The minimum absolute atomic E-state index is 0.0423. The van der Waals surface area contributed by atoms with Crippen LogP contribution < -0.4 is 5.32 Å². The van der Waals surface area contributed by atoms with E-state index in [0.29, 0.717) is 23.7 Å². The monoisotopic (exact) mass is 387 g/mol. The Balaban J connectivity index is 1.49. The first-order chi connectivity index (χ1) is 12.1. The lowest BCUT2D eigenvalue weighted by atomic mass is 9.99. The average Bonchev–Trinajstić information content (AvgIpc) is 3.18. The first kappa shape index (κ1) is 18.8. The molecule has 0 bridgehead atoms. The second kappa shape index (κ2) is 8.59. The molecule has 1 unspecified atom stereocenters. The van der Waals surface area contributed by atoms with Crippen molar-refractivity contribution in [3.63, 3.8) is 0 Å². The molecule has 0 aliphatic carbocycles. The molecule has 9 heteroatoms.